The normalized spacial score (nSPS) is 15.7. The Morgan fingerprint density at radius 3 is 2.81 bits per heavy atom. The van der Waals surface area contributed by atoms with Crippen LogP contribution < -0.4 is 20.4 Å². The van der Waals surface area contributed by atoms with Gasteiger partial charge < -0.3 is 19.4 Å². The van der Waals surface area contributed by atoms with Crippen molar-refractivity contribution in [3.05, 3.63) is 40.6 Å². The molecule has 140 valence electrons. The van der Waals surface area contributed by atoms with Crippen LogP contribution in [0.4, 0.5) is 11.8 Å². The van der Waals surface area contributed by atoms with E-state index in [9.17, 15) is 4.79 Å². The van der Waals surface area contributed by atoms with Gasteiger partial charge in [0.2, 0.25) is 17.1 Å². The van der Waals surface area contributed by atoms with Crippen molar-refractivity contribution in [2.24, 2.45) is 0 Å². The largest absolute Gasteiger partial charge is 0.490 e. The molecule has 0 saturated carbocycles. The van der Waals surface area contributed by atoms with Crippen LogP contribution in [0.1, 0.15) is 18.6 Å². The molecule has 0 spiro atoms. The second kappa shape index (κ2) is 8.18. The van der Waals surface area contributed by atoms with E-state index in [0.29, 0.717) is 24.3 Å². The molecule has 26 heavy (non-hydrogen) atoms. The molecule has 1 fully saturated rings. The monoisotopic (exact) mass is 359 g/mol. The number of piperidine rings is 1. The van der Waals surface area contributed by atoms with Gasteiger partial charge in [-0.3, -0.25) is 9.69 Å². The van der Waals surface area contributed by atoms with Crippen LogP contribution in [0.25, 0.3) is 0 Å². The number of methoxy groups -OCH3 is 1. The molecule has 8 heteroatoms. The zero-order valence-electron chi connectivity index (χ0n) is 15.4. The molecular weight excluding hydrogens is 334 g/mol. The van der Waals surface area contributed by atoms with Gasteiger partial charge in [-0.1, -0.05) is 0 Å². The molecular formula is C18H25N5O3. The lowest BCUT2D eigenvalue weighted by Crippen LogP contribution is -2.39. The Kier molecular flexibility index (Phi) is 5.72. The van der Waals surface area contributed by atoms with Gasteiger partial charge in [-0.15, -0.1) is 0 Å². The highest BCUT2D eigenvalue weighted by Crippen LogP contribution is 2.18. The predicted octanol–water partition coefficient (Wildman–Crippen LogP) is 1.58. The van der Waals surface area contributed by atoms with Crippen molar-refractivity contribution in [1.29, 1.82) is 0 Å². The van der Waals surface area contributed by atoms with Crippen LogP contribution in [-0.4, -0.2) is 55.2 Å². The number of likely N-dealkylation sites (tertiary alicyclic amines) is 1. The molecule has 0 bridgehead atoms. The van der Waals surface area contributed by atoms with Gasteiger partial charge in [-0.25, -0.2) is 4.98 Å². The van der Waals surface area contributed by atoms with Crippen LogP contribution in [0.15, 0.2) is 33.8 Å². The second-order valence-corrected chi connectivity index (χ2v) is 6.61. The molecule has 0 aliphatic carbocycles. The SMILES string of the molecule is COc1coc(CN2CCC(Nc3ccnc(N(C)C)n3)CC2)cc1=O. The summed E-state index contributed by atoms with van der Waals surface area (Å²) in [4.78, 5) is 24.7. The van der Waals surface area contributed by atoms with E-state index in [1.807, 2.05) is 25.1 Å². The summed E-state index contributed by atoms with van der Waals surface area (Å²) in [6, 6.07) is 3.78. The highest BCUT2D eigenvalue weighted by atomic mass is 16.5. The first-order valence-corrected chi connectivity index (χ1v) is 8.70. The molecule has 1 saturated heterocycles. The summed E-state index contributed by atoms with van der Waals surface area (Å²) < 4.78 is 10.4. The maximum atomic E-state index is 11.8. The molecule has 8 nitrogen and oxygen atoms in total. The van der Waals surface area contributed by atoms with Gasteiger partial charge in [0.05, 0.1) is 13.7 Å². The summed E-state index contributed by atoms with van der Waals surface area (Å²) in [7, 11) is 5.31. The molecule has 1 N–H and O–H groups in total. The Morgan fingerprint density at radius 1 is 1.38 bits per heavy atom. The molecule has 0 atom stereocenters. The maximum absolute atomic E-state index is 11.8. The fourth-order valence-electron chi connectivity index (χ4n) is 2.98. The highest BCUT2D eigenvalue weighted by molar-refractivity contribution is 5.41. The number of anilines is 2. The van der Waals surface area contributed by atoms with Gasteiger partial charge in [0.15, 0.2) is 0 Å². The molecule has 0 radical (unpaired) electrons. The van der Waals surface area contributed by atoms with Gasteiger partial charge in [0.1, 0.15) is 17.8 Å². The van der Waals surface area contributed by atoms with E-state index >= 15 is 0 Å². The number of nitrogens with one attached hydrogen (secondary N) is 1. The first-order valence-electron chi connectivity index (χ1n) is 8.70. The Balaban J connectivity index is 1.52. The molecule has 1 aliphatic heterocycles. The molecule has 0 amide bonds. The Labute approximate surface area is 152 Å². The van der Waals surface area contributed by atoms with Gasteiger partial charge in [-0.05, 0) is 18.9 Å². The van der Waals surface area contributed by atoms with Crippen LogP contribution in [0.5, 0.6) is 5.75 Å². The molecule has 3 heterocycles. The minimum absolute atomic E-state index is 0.147. The number of hydrogen-bond donors (Lipinski definition) is 1. The summed E-state index contributed by atoms with van der Waals surface area (Å²) in [6.07, 6.45) is 5.15. The van der Waals surface area contributed by atoms with Gasteiger partial charge in [0, 0.05) is 45.5 Å². The average molecular weight is 359 g/mol. The van der Waals surface area contributed by atoms with Crippen LogP contribution in [0, 0.1) is 0 Å². The quantitative estimate of drug-likeness (QED) is 0.832. The fraction of sp³-hybridized carbons (Fsp3) is 0.500. The zero-order valence-corrected chi connectivity index (χ0v) is 15.4. The van der Waals surface area contributed by atoms with E-state index in [0.717, 1.165) is 31.7 Å². The molecule has 2 aromatic rings. The van der Waals surface area contributed by atoms with Crippen molar-refractivity contribution in [2.45, 2.75) is 25.4 Å². The standard InChI is InChI=1S/C18H25N5O3/c1-22(2)18-19-7-4-17(21-18)20-13-5-8-23(9-6-13)11-14-10-15(24)16(25-3)12-26-14/h4,7,10,12-13H,5-6,8-9,11H2,1-3H3,(H,19,20,21). The summed E-state index contributed by atoms with van der Waals surface area (Å²) >= 11 is 0. The minimum Gasteiger partial charge on any atom is -0.490 e. The summed E-state index contributed by atoms with van der Waals surface area (Å²) in [5.41, 5.74) is -0.147. The number of rotatable bonds is 6. The lowest BCUT2D eigenvalue weighted by atomic mass is 10.0. The highest BCUT2D eigenvalue weighted by Gasteiger charge is 2.20. The maximum Gasteiger partial charge on any atom is 0.227 e. The Hall–Kier alpha value is -2.61. The van der Waals surface area contributed by atoms with Crippen molar-refractivity contribution in [3.63, 3.8) is 0 Å². The third kappa shape index (κ3) is 4.51. The third-order valence-corrected chi connectivity index (χ3v) is 4.43. The molecule has 0 aromatic carbocycles. The van der Waals surface area contributed by atoms with Gasteiger partial charge in [-0.2, -0.15) is 4.98 Å². The zero-order chi connectivity index (χ0) is 18.5. The van der Waals surface area contributed by atoms with Crippen LogP contribution >= 0.6 is 0 Å². The molecule has 1 aliphatic rings. The summed E-state index contributed by atoms with van der Waals surface area (Å²) in [5, 5.41) is 3.49. The second-order valence-electron chi connectivity index (χ2n) is 6.61. The third-order valence-electron chi connectivity index (χ3n) is 4.43. The van der Waals surface area contributed by atoms with E-state index in [-0.39, 0.29) is 11.2 Å². The van der Waals surface area contributed by atoms with Crippen molar-refractivity contribution < 1.29 is 9.15 Å². The van der Waals surface area contributed by atoms with Crippen molar-refractivity contribution in [2.75, 3.05) is 44.5 Å². The molecule has 0 unspecified atom stereocenters. The first kappa shape index (κ1) is 18.2. The van der Waals surface area contributed by atoms with E-state index in [1.54, 1.807) is 6.20 Å². The Bertz CT molecular complexity index is 784. The van der Waals surface area contributed by atoms with Crippen molar-refractivity contribution in [1.82, 2.24) is 14.9 Å². The lowest BCUT2D eigenvalue weighted by Gasteiger charge is -2.32. The van der Waals surface area contributed by atoms with Crippen LogP contribution in [0.2, 0.25) is 0 Å². The fourth-order valence-corrected chi connectivity index (χ4v) is 2.98. The van der Waals surface area contributed by atoms with E-state index in [2.05, 4.69) is 20.2 Å². The number of nitrogens with zero attached hydrogens (tertiary/aromatic N) is 4. The number of aromatic nitrogens is 2. The number of hydrogen-bond acceptors (Lipinski definition) is 8. The van der Waals surface area contributed by atoms with Gasteiger partial charge in [0.25, 0.3) is 0 Å². The summed E-state index contributed by atoms with van der Waals surface area (Å²) in [5.74, 6) is 2.44. The predicted molar refractivity (Wildman–Crippen MR) is 99.8 cm³/mol. The number of ether oxygens (including phenoxy) is 1. The van der Waals surface area contributed by atoms with Crippen LogP contribution in [0.3, 0.4) is 0 Å². The van der Waals surface area contributed by atoms with Gasteiger partial charge >= 0.3 is 0 Å². The topological polar surface area (TPSA) is 83.7 Å². The smallest absolute Gasteiger partial charge is 0.227 e. The minimum atomic E-state index is -0.147. The molecule has 2 aromatic heterocycles. The van der Waals surface area contributed by atoms with E-state index in [1.165, 1.54) is 19.4 Å². The van der Waals surface area contributed by atoms with Crippen molar-refractivity contribution >= 4 is 11.8 Å². The van der Waals surface area contributed by atoms with Crippen LogP contribution in [-0.2, 0) is 6.54 Å². The lowest BCUT2D eigenvalue weighted by molar-refractivity contribution is 0.194. The first-order chi connectivity index (χ1) is 12.5. The average Bonchev–Trinajstić information content (AvgIpc) is 2.64. The van der Waals surface area contributed by atoms with Crippen molar-refractivity contribution in [3.8, 4) is 5.75 Å². The molecule has 3 rings (SSSR count). The Morgan fingerprint density at radius 2 is 2.15 bits per heavy atom. The van der Waals surface area contributed by atoms with E-state index < -0.39 is 0 Å². The summed E-state index contributed by atoms with van der Waals surface area (Å²) in [6.45, 7) is 2.49. The van der Waals surface area contributed by atoms with E-state index in [4.69, 9.17) is 9.15 Å².